The minimum atomic E-state index is 0.604. The van der Waals surface area contributed by atoms with Crippen molar-refractivity contribution < 1.29 is 9.53 Å². The fourth-order valence-electron chi connectivity index (χ4n) is 1.59. The van der Waals surface area contributed by atoms with Crippen LogP contribution in [0.1, 0.15) is 10.4 Å². The molecule has 0 fully saturated rings. The summed E-state index contributed by atoms with van der Waals surface area (Å²) in [6.45, 7) is 0. The maximum absolute atomic E-state index is 11.0. The smallest absolute Gasteiger partial charge is 0.150 e. The molecule has 0 aliphatic carbocycles. The Morgan fingerprint density at radius 2 is 2.25 bits per heavy atom. The predicted molar refractivity (Wildman–Crippen MR) is 60.6 cm³/mol. The molecule has 0 atom stereocenters. The summed E-state index contributed by atoms with van der Waals surface area (Å²) in [7, 11) is 3.42. The second-order valence-corrected chi connectivity index (χ2v) is 3.47. The third kappa shape index (κ3) is 1.82. The van der Waals surface area contributed by atoms with Crippen molar-refractivity contribution in [1.29, 1.82) is 0 Å². The van der Waals surface area contributed by atoms with E-state index >= 15 is 0 Å². The first kappa shape index (κ1) is 10.4. The first-order chi connectivity index (χ1) is 7.74. The number of benzene rings is 1. The molecular weight excluding hydrogens is 204 g/mol. The van der Waals surface area contributed by atoms with E-state index in [9.17, 15) is 4.79 Å². The number of aldehydes is 1. The molecule has 1 aromatic carbocycles. The number of hydrogen-bond donors (Lipinski definition) is 0. The Morgan fingerprint density at radius 3 is 2.81 bits per heavy atom. The van der Waals surface area contributed by atoms with Crippen molar-refractivity contribution in [3.05, 3.63) is 36.2 Å². The average Bonchev–Trinajstić information content (AvgIpc) is 2.74. The van der Waals surface area contributed by atoms with Crippen LogP contribution < -0.4 is 4.74 Å². The van der Waals surface area contributed by atoms with E-state index in [2.05, 4.69) is 5.10 Å². The number of methoxy groups -OCH3 is 1. The molecule has 0 unspecified atom stereocenters. The SMILES string of the molecule is COc1ccc(-c2cnn(C)c2)c(C=O)c1. The van der Waals surface area contributed by atoms with Crippen molar-refractivity contribution >= 4 is 6.29 Å². The van der Waals surface area contributed by atoms with Crippen LogP contribution in [0.2, 0.25) is 0 Å². The van der Waals surface area contributed by atoms with Crippen molar-refractivity contribution in [2.75, 3.05) is 7.11 Å². The number of ether oxygens (including phenoxy) is 1. The van der Waals surface area contributed by atoms with E-state index in [0.717, 1.165) is 17.4 Å². The number of aromatic nitrogens is 2. The van der Waals surface area contributed by atoms with Crippen LogP contribution in [0.4, 0.5) is 0 Å². The van der Waals surface area contributed by atoms with Crippen molar-refractivity contribution in [3.8, 4) is 16.9 Å². The van der Waals surface area contributed by atoms with Gasteiger partial charge < -0.3 is 4.74 Å². The van der Waals surface area contributed by atoms with Gasteiger partial charge in [-0.25, -0.2) is 0 Å². The molecule has 0 bridgehead atoms. The second-order valence-electron chi connectivity index (χ2n) is 3.47. The highest BCUT2D eigenvalue weighted by Gasteiger charge is 2.07. The second kappa shape index (κ2) is 4.18. The van der Waals surface area contributed by atoms with Crippen molar-refractivity contribution in [2.24, 2.45) is 7.05 Å². The molecule has 0 saturated carbocycles. The highest BCUT2D eigenvalue weighted by Crippen LogP contribution is 2.25. The van der Waals surface area contributed by atoms with Crippen LogP contribution in [0.15, 0.2) is 30.6 Å². The summed E-state index contributed by atoms with van der Waals surface area (Å²) in [5.41, 5.74) is 2.39. The average molecular weight is 216 g/mol. The standard InChI is InChI=1S/C12H12N2O2/c1-14-7-10(6-13-14)12-4-3-11(16-2)5-9(12)8-15/h3-8H,1-2H3. The van der Waals surface area contributed by atoms with Crippen molar-refractivity contribution in [1.82, 2.24) is 9.78 Å². The lowest BCUT2D eigenvalue weighted by Gasteiger charge is -2.04. The number of carbonyl (C=O) groups excluding carboxylic acids is 1. The van der Waals surface area contributed by atoms with E-state index in [-0.39, 0.29) is 0 Å². The Morgan fingerprint density at radius 1 is 1.44 bits per heavy atom. The summed E-state index contributed by atoms with van der Waals surface area (Å²) in [5.74, 6) is 0.676. The fraction of sp³-hybridized carbons (Fsp3) is 0.167. The molecule has 16 heavy (non-hydrogen) atoms. The summed E-state index contributed by atoms with van der Waals surface area (Å²) < 4.78 is 6.78. The van der Waals surface area contributed by atoms with Crippen LogP contribution >= 0.6 is 0 Å². The largest absolute Gasteiger partial charge is 0.497 e. The molecule has 82 valence electrons. The van der Waals surface area contributed by atoms with Gasteiger partial charge in [0.1, 0.15) is 5.75 Å². The van der Waals surface area contributed by atoms with E-state index in [4.69, 9.17) is 4.74 Å². The van der Waals surface area contributed by atoms with Crippen molar-refractivity contribution in [3.63, 3.8) is 0 Å². The number of nitrogens with zero attached hydrogens (tertiary/aromatic N) is 2. The van der Waals surface area contributed by atoms with E-state index in [1.807, 2.05) is 25.4 Å². The summed E-state index contributed by atoms with van der Waals surface area (Å²) in [6.07, 6.45) is 4.43. The van der Waals surface area contributed by atoms with Crippen LogP contribution in [-0.4, -0.2) is 23.2 Å². The number of aryl methyl sites for hydroxylation is 1. The van der Waals surface area contributed by atoms with Gasteiger partial charge in [0.2, 0.25) is 0 Å². The van der Waals surface area contributed by atoms with Crippen LogP contribution in [0.5, 0.6) is 5.75 Å². The van der Waals surface area contributed by atoms with Gasteiger partial charge in [0.05, 0.1) is 13.3 Å². The molecule has 2 aromatic rings. The molecular formula is C12H12N2O2. The Hall–Kier alpha value is -2.10. The zero-order valence-corrected chi connectivity index (χ0v) is 9.18. The molecule has 1 heterocycles. The van der Waals surface area contributed by atoms with Gasteiger partial charge in [-0.2, -0.15) is 5.10 Å². The van der Waals surface area contributed by atoms with Gasteiger partial charge >= 0.3 is 0 Å². The first-order valence-corrected chi connectivity index (χ1v) is 4.87. The van der Waals surface area contributed by atoms with E-state index in [1.54, 1.807) is 24.1 Å². The third-order valence-corrected chi connectivity index (χ3v) is 2.40. The Kier molecular flexibility index (Phi) is 2.72. The van der Waals surface area contributed by atoms with Gasteiger partial charge in [-0.1, -0.05) is 0 Å². The molecule has 4 heteroatoms. The molecule has 2 rings (SSSR count). The monoisotopic (exact) mass is 216 g/mol. The van der Waals surface area contributed by atoms with Gasteiger partial charge in [-0.15, -0.1) is 0 Å². The Balaban J connectivity index is 2.52. The molecule has 0 N–H and O–H groups in total. The number of hydrogen-bond acceptors (Lipinski definition) is 3. The highest BCUT2D eigenvalue weighted by atomic mass is 16.5. The molecule has 0 spiro atoms. The summed E-state index contributed by atoms with van der Waals surface area (Å²) in [5, 5.41) is 4.08. The van der Waals surface area contributed by atoms with Crippen LogP contribution in [0, 0.1) is 0 Å². The summed E-state index contributed by atoms with van der Waals surface area (Å²) >= 11 is 0. The quantitative estimate of drug-likeness (QED) is 0.736. The molecule has 4 nitrogen and oxygen atoms in total. The maximum atomic E-state index is 11.0. The molecule has 0 amide bonds. The molecule has 0 aliphatic rings. The fourth-order valence-corrected chi connectivity index (χ4v) is 1.59. The lowest BCUT2D eigenvalue weighted by atomic mass is 10.0. The number of rotatable bonds is 3. The minimum absolute atomic E-state index is 0.604. The zero-order valence-electron chi connectivity index (χ0n) is 9.18. The third-order valence-electron chi connectivity index (χ3n) is 2.40. The maximum Gasteiger partial charge on any atom is 0.150 e. The normalized spacial score (nSPS) is 10.1. The minimum Gasteiger partial charge on any atom is -0.497 e. The molecule has 0 aliphatic heterocycles. The lowest BCUT2D eigenvalue weighted by Crippen LogP contribution is -1.90. The highest BCUT2D eigenvalue weighted by molar-refractivity contribution is 5.87. The van der Waals surface area contributed by atoms with Gasteiger partial charge in [0.15, 0.2) is 6.29 Å². The van der Waals surface area contributed by atoms with Gasteiger partial charge in [-0.3, -0.25) is 9.48 Å². The summed E-state index contributed by atoms with van der Waals surface area (Å²) in [4.78, 5) is 11.0. The van der Waals surface area contributed by atoms with Crippen molar-refractivity contribution in [2.45, 2.75) is 0 Å². The molecule has 1 aromatic heterocycles. The van der Waals surface area contributed by atoms with E-state index in [1.165, 1.54) is 0 Å². The van der Waals surface area contributed by atoms with Crippen LogP contribution in [0.25, 0.3) is 11.1 Å². The molecule has 0 saturated heterocycles. The van der Waals surface area contributed by atoms with Gasteiger partial charge in [0.25, 0.3) is 0 Å². The van der Waals surface area contributed by atoms with Gasteiger partial charge in [0, 0.05) is 24.4 Å². The molecule has 0 radical (unpaired) electrons. The Bertz CT molecular complexity index is 517. The van der Waals surface area contributed by atoms with E-state index < -0.39 is 0 Å². The summed E-state index contributed by atoms with van der Waals surface area (Å²) in [6, 6.07) is 5.41. The number of carbonyl (C=O) groups is 1. The van der Waals surface area contributed by atoms with Gasteiger partial charge in [-0.05, 0) is 23.8 Å². The Labute approximate surface area is 93.5 Å². The zero-order chi connectivity index (χ0) is 11.5. The van der Waals surface area contributed by atoms with Crippen LogP contribution in [-0.2, 0) is 7.05 Å². The predicted octanol–water partition coefficient (Wildman–Crippen LogP) is 1.91. The van der Waals surface area contributed by atoms with Crippen LogP contribution in [0.3, 0.4) is 0 Å². The lowest BCUT2D eigenvalue weighted by molar-refractivity contribution is 0.112. The first-order valence-electron chi connectivity index (χ1n) is 4.87. The topological polar surface area (TPSA) is 44.1 Å². The van der Waals surface area contributed by atoms with E-state index in [0.29, 0.717) is 11.3 Å².